The quantitative estimate of drug-likeness (QED) is 0.160. The normalized spacial score (nSPS) is 16.9. The Morgan fingerprint density at radius 3 is 1.76 bits per heavy atom. The molecule has 2 aromatic heterocycles. The summed E-state index contributed by atoms with van der Waals surface area (Å²) in [7, 11) is 0. The first-order valence-electron chi connectivity index (χ1n) is 15.7. The monoisotopic (exact) mass is 557 g/mol. The molecule has 0 aliphatic heterocycles. The minimum absolute atomic E-state index is 0.674. The second-order valence-corrected chi connectivity index (χ2v) is 12.1. The first-order valence-corrected chi connectivity index (χ1v) is 15.7. The molecule has 6 rings (SSSR count). The SMILES string of the molecule is CCCCCC1CCC(c2ccc(N(c3cccc(-n4cc(C)cn4)c3)c3cccc(-n4cc(C)cn4)c3)cc2)CC1. The Morgan fingerprint density at radius 1 is 0.690 bits per heavy atom. The van der Waals surface area contributed by atoms with Crippen molar-refractivity contribution in [2.75, 3.05) is 4.90 Å². The maximum Gasteiger partial charge on any atom is 0.0666 e. The van der Waals surface area contributed by atoms with E-state index in [1.165, 1.54) is 56.9 Å². The number of hydrogen-bond donors (Lipinski definition) is 0. The van der Waals surface area contributed by atoms with Crippen LogP contribution in [0.4, 0.5) is 17.1 Å². The Labute approximate surface area is 250 Å². The van der Waals surface area contributed by atoms with Gasteiger partial charge in [-0.25, -0.2) is 9.36 Å². The van der Waals surface area contributed by atoms with Crippen LogP contribution >= 0.6 is 0 Å². The van der Waals surface area contributed by atoms with Gasteiger partial charge in [-0.2, -0.15) is 10.2 Å². The molecule has 5 aromatic rings. The van der Waals surface area contributed by atoms with Crippen LogP contribution in [0.1, 0.15) is 80.9 Å². The molecule has 5 heteroatoms. The van der Waals surface area contributed by atoms with Crippen molar-refractivity contribution in [3.63, 3.8) is 0 Å². The Morgan fingerprint density at radius 2 is 1.26 bits per heavy atom. The number of aromatic nitrogens is 4. The molecule has 1 aliphatic carbocycles. The summed E-state index contributed by atoms with van der Waals surface area (Å²) in [6.07, 6.45) is 18.8. The van der Waals surface area contributed by atoms with Gasteiger partial charge in [-0.3, -0.25) is 0 Å². The number of hydrogen-bond acceptors (Lipinski definition) is 3. The molecule has 0 bridgehead atoms. The zero-order valence-electron chi connectivity index (χ0n) is 25.3. The van der Waals surface area contributed by atoms with Crippen LogP contribution < -0.4 is 4.90 Å². The number of anilines is 3. The molecular weight excluding hydrogens is 514 g/mol. The molecule has 0 N–H and O–H groups in total. The maximum atomic E-state index is 4.56. The molecule has 0 spiro atoms. The van der Waals surface area contributed by atoms with Crippen molar-refractivity contribution in [3.8, 4) is 11.4 Å². The first kappa shape index (κ1) is 28.0. The number of rotatable bonds is 10. The number of nitrogens with zero attached hydrogens (tertiary/aromatic N) is 5. The third kappa shape index (κ3) is 6.35. The lowest BCUT2D eigenvalue weighted by atomic mass is 9.77. The predicted octanol–water partition coefficient (Wildman–Crippen LogP) is 10.00. The molecule has 216 valence electrons. The molecular formula is C37H43N5. The molecule has 0 saturated heterocycles. The largest absolute Gasteiger partial charge is 0.310 e. The lowest BCUT2D eigenvalue weighted by Crippen LogP contribution is -2.14. The number of aryl methyl sites for hydroxylation is 2. The van der Waals surface area contributed by atoms with Gasteiger partial charge >= 0.3 is 0 Å². The Hall–Kier alpha value is -4.12. The highest BCUT2D eigenvalue weighted by molar-refractivity contribution is 5.78. The molecule has 1 saturated carbocycles. The van der Waals surface area contributed by atoms with E-state index in [1.807, 2.05) is 21.8 Å². The van der Waals surface area contributed by atoms with Gasteiger partial charge < -0.3 is 4.90 Å². The molecule has 3 aromatic carbocycles. The van der Waals surface area contributed by atoms with Gasteiger partial charge in [0.2, 0.25) is 0 Å². The molecule has 0 amide bonds. The van der Waals surface area contributed by atoms with Crippen molar-refractivity contribution < 1.29 is 0 Å². The smallest absolute Gasteiger partial charge is 0.0666 e. The number of unbranched alkanes of at least 4 members (excludes halogenated alkanes) is 2. The topological polar surface area (TPSA) is 38.9 Å². The summed E-state index contributed by atoms with van der Waals surface area (Å²) in [5, 5.41) is 9.13. The zero-order chi connectivity index (χ0) is 28.9. The molecule has 2 heterocycles. The third-order valence-corrected chi connectivity index (χ3v) is 8.81. The third-order valence-electron chi connectivity index (χ3n) is 8.81. The van der Waals surface area contributed by atoms with Crippen molar-refractivity contribution >= 4 is 17.1 Å². The van der Waals surface area contributed by atoms with Crippen molar-refractivity contribution in [1.82, 2.24) is 19.6 Å². The van der Waals surface area contributed by atoms with Gasteiger partial charge in [0.1, 0.15) is 0 Å². The van der Waals surface area contributed by atoms with Crippen LogP contribution in [0.3, 0.4) is 0 Å². The van der Waals surface area contributed by atoms with Gasteiger partial charge in [0.15, 0.2) is 0 Å². The zero-order valence-corrected chi connectivity index (χ0v) is 25.3. The van der Waals surface area contributed by atoms with Crippen LogP contribution in [0.5, 0.6) is 0 Å². The van der Waals surface area contributed by atoms with E-state index in [2.05, 4.69) is 121 Å². The first-order chi connectivity index (χ1) is 20.6. The van der Waals surface area contributed by atoms with E-state index in [-0.39, 0.29) is 0 Å². The summed E-state index contributed by atoms with van der Waals surface area (Å²) in [6.45, 7) is 6.45. The molecule has 1 aliphatic rings. The Kier molecular flexibility index (Phi) is 8.55. The average Bonchev–Trinajstić information content (AvgIpc) is 3.67. The van der Waals surface area contributed by atoms with Crippen LogP contribution in [0, 0.1) is 19.8 Å². The fourth-order valence-electron chi connectivity index (χ4n) is 6.47. The van der Waals surface area contributed by atoms with Gasteiger partial charge in [0.25, 0.3) is 0 Å². The van der Waals surface area contributed by atoms with Gasteiger partial charge in [-0.1, -0.05) is 56.9 Å². The highest BCUT2D eigenvalue weighted by Crippen LogP contribution is 2.40. The lowest BCUT2D eigenvalue weighted by Gasteiger charge is -2.30. The van der Waals surface area contributed by atoms with E-state index in [1.54, 1.807) is 0 Å². The summed E-state index contributed by atoms with van der Waals surface area (Å²) in [5.74, 6) is 1.60. The van der Waals surface area contributed by atoms with Crippen molar-refractivity contribution in [2.24, 2.45) is 5.92 Å². The number of benzene rings is 3. The van der Waals surface area contributed by atoms with E-state index in [4.69, 9.17) is 0 Å². The molecule has 0 unspecified atom stereocenters. The lowest BCUT2D eigenvalue weighted by molar-refractivity contribution is 0.303. The highest BCUT2D eigenvalue weighted by atomic mass is 15.3. The van der Waals surface area contributed by atoms with Gasteiger partial charge in [0, 0.05) is 29.5 Å². The Bertz CT molecular complexity index is 1500. The van der Waals surface area contributed by atoms with Gasteiger partial charge in [-0.15, -0.1) is 0 Å². The van der Waals surface area contributed by atoms with Crippen LogP contribution in [-0.2, 0) is 0 Å². The summed E-state index contributed by atoms with van der Waals surface area (Å²) >= 11 is 0. The predicted molar refractivity (Wildman–Crippen MR) is 174 cm³/mol. The van der Waals surface area contributed by atoms with Gasteiger partial charge in [-0.05, 0) is 117 Å². The summed E-state index contributed by atoms with van der Waals surface area (Å²) in [4.78, 5) is 2.34. The van der Waals surface area contributed by atoms with Gasteiger partial charge in [0.05, 0.1) is 23.8 Å². The molecule has 0 atom stereocenters. The summed E-state index contributed by atoms with van der Waals surface area (Å²) in [6, 6.07) is 26.6. The van der Waals surface area contributed by atoms with Crippen molar-refractivity contribution in [1.29, 1.82) is 0 Å². The summed E-state index contributed by atoms with van der Waals surface area (Å²) in [5.41, 5.74) is 9.18. The minimum atomic E-state index is 0.674. The van der Waals surface area contributed by atoms with Crippen molar-refractivity contribution in [3.05, 3.63) is 114 Å². The molecule has 1 fully saturated rings. The second-order valence-electron chi connectivity index (χ2n) is 12.1. The van der Waals surface area contributed by atoms with E-state index >= 15 is 0 Å². The van der Waals surface area contributed by atoms with Crippen molar-refractivity contribution in [2.45, 2.75) is 78.1 Å². The van der Waals surface area contributed by atoms with Crippen LogP contribution in [0.15, 0.2) is 97.6 Å². The van der Waals surface area contributed by atoms with E-state index in [0.29, 0.717) is 5.92 Å². The standard InChI is InChI=1S/C37H43N5/c1-4-5-6-9-30-14-16-31(17-15-30)32-18-20-33(21-19-32)42(36-12-7-10-34(22-36)40-26-28(2)24-38-40)37-13-8-11-35(23-37)41-27-29(3)25-39-41/h7-8,10-13,18-27,30-31H,4-6,9,14-17H2,1-3H3. The highest BCUT2D eigenvalue weighted by Gasteiger charge is 2.23. The van der Waals surface area contributed by atoms with Crippen LogP contribution in [-0.4, -0.2) is 19.6 Å². The fraction of sp³-hybridized carbons (Fsp3) is 0.351. The average molecular weight is 558 g/mol. The molecule has 0 radical (unpaired) electrons. The van der Waals surface area contributed by atoms with Crippen LogP contribution in [0.2, 0.25) is 0 Å². The molecule has 42 heavy (non-hydrogen) atoms. The van der Waals surface area contributed by atoms with E-state index in [0.717, 1.165) is 45.5 Å². The fourth-order valence-corrected chi connectivity index (χ4v) is 6.47. The molecule has 5 nitrogen and oxygen atoms in total. The minimum Gasteiger partial charge on any atom is -0.310 e. The van der Waals surface area contributed by atoms with E-state index < -0.39 is 0 Å². The Balaban J connectivity index is 1.30. The summed E-state index contributed by atoms with van der Waals surface area (Å²) < 4.78 is 3.89. The van der Waals surface area contributed by atoms with E-state index in [9.17, 15) is 0 Å². The maximum absolute atomic E-state index is 4.56. The van der Waals surface area contributed by atoms with Crippen LogP contribution in [0.25, 0.3) is 11.4 Å². The second kappa shape index (κ2) is 12.8.